The molecule has 2 N–H and O–H groups in total. The van der Waals surface area contributed by atoms with Crippen molar-refractivity contribution in [1.29, 1.82) is 0 Å². The van der Waals surface area contributed by atoms with E-state index in [2.05, 4.69) is 0 Å². The van der Waals surface area contributed by atoms with Gasteiger partial charge in [-0.1, -0.05) is 32.1 Å². The van der Waals surface area contributed by atoms with E-state index in [4.69, 9.17) is 5.73 Å². The molecular formula is C18H32ClN3O2. The van der Waals surface area contributed by atoms with E-state index in [9.17, 15) is 9.59 Å². The van der Waals surface area contributed by atoms with Gasteiger partial charge in [-0.15, -0.1) is 12.4 Å². The van der Waals surface area contributed by atoms with Gasteiger partial charge in [0.25, 0.3) is 0 Å². The van der Waals surface area contributed by atoms with Crippen LogP contribution in [0.5, 0.6) is 0 Å². The highest BCUT2D eigenvalue weighted by Crippen LogP contribution is 2.30. The van der Waals surface area contributed by atoms with Crippen LogP contribution in [-0.2, 0) is 9.59 Å². The standard InChI is InChI=1S/C18H31N3O2.ClH/c19-18(8-4-5-9-18)17(23)21-12-10-20(11-13-21)16(22)14-15-6-2-1-3-7-15;/h15H,1-14,19H2;1H. The maximum atomic E-state index is 12.6. The van der Waals surface area contributed by atoms with Crippen molar-refractivity contribution in [2.24, 2.45) is 11.7 Å². The molecular weight excluding hydrogens is 326 g/mol. The third kappa shape index (κ3) is 4.42. The molecule has 24 heavy (non-hydrogen) atoms. The quantitative estimate of drug-likeness (QED) is 0.842. The van der Waals surface area contributed by atoms with Crippen LogP contribution in [0.4, 0.5) is 0 Å². The van der Waals surface area contributed by atoms with Gasteiger partial charge in [0, 0.05) is 32.6 Å². The van der Waals surface area contributed by atoms with E-state index in [0.29, 0.717) is 38.5 Å². The monoisotopic (exact) mass is 357 g/mol. The minimum Gasteiger partial charge on any atom is -0.339 e. The van der Waals surface area contributed by atoms with Gasteiger partial charge in [-0.3, -0.25) is 9.59 Å². The molecule has 0 radical (unpaired) electrons. The number of carbonyl (C=O) groups is 2. The number of rotatable bonds is 3. The van der Waals surface area contributed by atoms with Crippen LogP contribution in [0.1, 0.15) is 64.2 Å². The molecule has 5 nitrogen and oxygen atoms in total. The predicted molar refractivity (Wildman–Crippen MR) is 97.0 cm³/mol. The van der Waals surface area contributed by atoms with Crippen LogP contribution >= 0.6 is 12.4 Å². The Hall–Kier alpha value is -0.810. The minimum absolute atomic E-state index is 0. The molecule has 0 aromatic rings. The second-order valence-corrected chi connectivity index (χ2v) is 7.74. The highest BCUT2D eigenvalue weighted by atomic mass is 35.5. The molecule has 0 aromatic carbocycles. The summed E-state index contributed by atoms with van der Waals surface area (Å²) in [7, 11) is 0. The van der Waals surface area contributed by atoms with Gasteiger partial charge in [0.15, 0.2) is 0 Å². The van der Waals surface area contributed by atoms with Gasteiger partial charge in [-0.25, -0.2) is 0 Å². The van der Waals surface area contributed by atoms with Gasteiger partial charge in [0.2, 0.25) is 11.8 Å². The molecule has 0 bridgehead atoms. The van der Waals surface area contributed by atoms with Gasteiger partial charge in [-0.05, 0) is 31.6 Å². The molecule has 0 atom stereocenters. The summed E-state index contributed by atoms with van der Waals surface area (Å²) < 4.78 is 0. The third-order valence-electron chi connectivity index (χ3n) is 6.03. The van der Waals surface area contributed by atoms with Crippen LogP contribution in [0.3, 0.4) is 0 Å². The molecule has 3 rings (SSSR count). The first-order valence-electron chi connectivity index (χ1n) is 9.44. The largest absolute Gasteiger partial charge is 0.339 e. The fourth-order valence-corrected chi connectivity index (χ4v) is 4.46. The Bertz CT molecular complexity index is 438. The molecule has 1 heterocycles. The maximum Gasteiger partial charge on any atom is 0.242 e. The van der Waals surface area contributed by atoms with Gasteiger partial charge in [0.05, 0.1) is 5.54 Å². The molecule has 138 valence electrons. The maximum absolute atomic E-state index is 12.6. The Morgan fingerprint density at radius 2 is 1.42 bits per heavy atom. The highest BCUT2D eigenvalue weighted by molar-refractivity contribution is 5.87. The van der Waals surface area contributed by atoms with Crippen molar-refractivity contribution < 1.29 is 9.59 Å². The lowest BCUT2D eigenvalue weighted by Gasteiger charge is -2.39. The van der Waals surface area contributed by atoms with Gasteiger partial charge < -0.3 is 15.5 Å². The Labute approximate surface area is 151 Å². The number of hydrogen-bond donors (Lipinski definition) is 1. The van der Waals surface area contributed by atoms with E-state index >= 15 is 0 Å². The van der Waals surface area contributed by atoms with E-state index < -0.39 is 5.54 Å². The molecule has 2 amide bonds. The number of hydrogen-bond acceptors (Lipinski definition) is 3. The predicted octanol–water partition coefficient (Wildman–Crippen LogP) is 2.32. The molecule has 1 saturated heterocycles. The van der Waals surface area contributed by atoms with Crippen molar-refractivity contribution in [3.63, 3.8) is 0 Å². The first-order valence-corrected chi connectivity index (χ1v) is 9.44. The zero-order valence-electron chi connectivity index (χ0n) is 14.7. The molecule has 0 aromatic heterocycles. The molecule has 6 heteroatoms. The second-order valence-electron chi connectivity index (χ2n) is 7.74. The van der Waals surface area contributed by atoms with Crippen LogP contribution in [0.2, 0.25) is 0 Å². The lowest BCUT2D eigenvalue weighted by Crippen LogP contribution is -2.59. The average Bonchev–Trinajstić information content (AvgIpc) is 3.03. The molecule has 3 aliphatic rings. The highest BCUT2D eigenvalue weighted by Gasteiger charge is 2.40. The van der Waals surface area contributed by atoms with E-state index in [1.807, 2.05) is 9.80 Å². The molecule has 0 unspecified atom stereocenters. The molecule has 2 saturated carbocycles. The van der Waals surface area contributed by atoms with E-state index in [1.54, 1.807) is 0 Å². The lowest BCUT2D eigenvalue weighted by atomic mass is 9.86. The summed E-state index contributed by atoms with van der Waals surface area (Å²) in [5.41, 5.74) is 5.65. The summed E-state index contributed by atoms with van der Waals surface area (Å²) in [6.45, 7) is 2.64. The fourth-order valence-electron chi connectivity index (χ4n) is 4.46. The topological polar surface area (TPSA) is 66.6 Å². The van der Waals surface area contributed by atoms with Crippen LogP contribution in [0.15, 0.2) is 0 Å². The van der Waals surface area contributed by atoms with E-state index in [0.717, 1.165) is 25.7 Å². The zero-order valence-corrected chi connectivity index (χ0v) is 15.5. The fraction of sp³-hybridized carbons (Fsp3) is 0.889. The van der Waals surface area contributed by atoms with Crippen LogP contribution in [0.25, 0.3) is 0 Å². The van der Waals surface area contributed by atoms with Gasteiger partial charge in [0.1, 0.15) is 0 Å². The number of piperazine rings is 1. The van der Waals surface area contributed by atoms with Gasteiger partial charge in [-0.2, -0.15) is 0 Å². The summed E-state index contributed by atoms with van der Waals surface area (Å²) in [5, 5.41) is 0. The lowest BCUT2D eigenvalue weighted by molar-refractivity contribution is -0.143. The number of nitrogens with zero attached hydrogens (tertiary/aromatic N) is 2. The molecule has 2 aliphatic carbocycles. The van der Waals surface area contributed by atoms with Crippen molar-refractivity contribution >= 4 is 24.2 Å². The summed E-state index contributed by atoms with van der Waals surface area (Å²) in [5.74, 6) is 0.975. The molecule has 1 aliphatic heterocycles. The number of amides is 2. The Balaban J connectivity index is 0.00000208. The van der Waals surface area contributed by atoms with Crippen LogP contribution < -0.4 is 5.73 Å². The SMILES string of the molecule is Cl.NC1(C(=O)N2CCN(C(=O)CC3CCCCC3)CC2)CCCC1. The van der Waals surface area contributed by atoms with Crippen LogP contribution in [0, 0.1) is 5.92 Å². The van der Waals surface area contributed by atoms with Gasteiger partial charge >= 0.3 is 0 Å². The second kappa shape index (κ2) is 8.52. The van der Waals surface area contributed by atoms with Crippen molar-refractivity contribution in [3.8, 4) is 0 Å². The normalized spacial score (nSPS) is 24.5. The van der Waals surface area contributed by atoms with E-state index in [1.165, 1.54) is 32.1 Å². The first kappa shape index (κ1) is 19.5. The van der Waals surface area contributed by atoms with Crippen molar-refractivity contribution in [2.75, 3.05) is 26.2 Å². The Morgan fingerprint density at radius 3 is 2.00 bits per heavy atom. The molecule has 3 fully saturated rings. The summed E-state index contributed by atoms with van der Waals surface area (Å²) in [4.78, 5) is 28.9. The number of halogens is 1. The third-order valence-corrected chi connectivity index (χ3v) is 6.03. The molecule has 0 spiro atoms. The summed E-state index contributed by atoms with van der Waals surface area (Å²) in [6.07, 6.45) is 10.7. The first-order chi connectivity index (χ1) is 11.1. The Morgan fingerprint density at radius 1 is 0.875 bits per heavy atom. The smallest absolute Gasteiger partial charge is 0.242 e. The summed E-state index contributed by atoms with van der Waals surface area (Å²) in [6, 6.07) is 0. The van der Waals surface area contributed by atoms with Crippen molar-refractivity contribution in [2.45, 2.75) is 69.7 Å². The Kier molecular flexibility index (Phi) is 6.93. The number of nitrogens with two attached hydrogens (primary N) is 1. The minimum atomic E-state index is -0.631. The average molecular weight is 358 g/mol. The summed E-state index contributed by atoms with van der Waals surface area (Å²) >= 11 is 0. The number of carbonyl (C=O) groups excluding carboxylic acids is 2. The zero-order chi connectivity index (χ0) is 16.3. The van der Waals surface area contributed by atoms with Crippen molar-refractivity contribution in [3.05, 3.63) is 0 Å². The van der Waals surface area contributed by atoms with E-state index in [-0.39, 0.29) is 24.2 Å². The van der Waals surface area contributed by atoms with Crippen molar-refractivity contribution in [1.82, 2.24) is 9.80 Å². The van der Waals surface area contributed by atoms with Crippen LogP contribution in [-0.4, -0.2) is 53.3 Å².